The Morgan fingerprint density at radius 1 is 0.677 bits per heavy atom. The number of nitrogens with zero attached hydrogens (tertiary/aromatic N) is 5. The Bertz CT molecular complexity index is 1190. The number of aromatic nitrogens is 4. The van der Waals surface area contributed by atoms with Crippen LogP contribution in [-0.2, 0) is 9.47 Å². The molecule has 0 amide bonds. The molecular weight excluding hydrogens is 392 g/mol. The van der Waals surface area contributed by atoms with Crippen LogP contribution in [0.1, 0.15) is 0 Å². The first-order chi connectivity index (χ1) is 15.3. The fraction of sp³-hybridized carbons (Fsp3) is 0.348. The lowest BCUT2D eigenvalue weighted by atomic mass is 10.1. The molecule has 0 radical (unpaired) electrons. The fourth-order valence-corrected chi connectivity index (χ4v) is 4.28. The third kappa shape index (κ3) is 3.47. The number of hydrogen-bond acceptors (Lipinski definition) is 7. The van der Waals surface area contributed by atoms with Gasteiger partial charge in [-0.05, 0) is 24.3 Å². The summed E-state index contributed by atoms with van der Waals surface area (Å²) in [4.78, 5) is 22.4. The van der Waals surface area contributed by atoms with Crippen molar-refractivity contribution in [3.63, 3.8) is 0 Å². The largest absolute Gasteiger partial charge is 0.378 e. The molecule has 158 valence electrons. The normalized spacial score (nSPS) is 17.5. The van der Waals surface area contributed by atoms with E-state index in [2.05, 4.69) is 51.2 Å². The number of para-hydroxylation sites is 1. The summed E-state index contributed by atoms with van der Waals surface area (Å²) in [6, 6.07) is 14.7. The maximum Gasteiger partial charge on any atom is 0.230 e. The van der Waals surface area contributed by atoms with Crippen molar-refractivity contribution in [3.8, 4) is 11.4 Å². The molecule has 2 fully saturated rings. The van der Waals surface area contributed by atoms with E-state index in [0.717, 1.165) is 42.8 Å². The van der Waals surface area contributed by atoms with Gasteiger partial charge in [0, 0.05) is 53.5 Å². The Morgan fingerprint density at radius 3 is 1.97 bits per heavy atom. The number of anilines is 2. The van der Waals surface area contributed by atoms with Gasteiger partial charge >= 0.3 is 0 Å². The zero-order valence-corrected chi connectivity index (χ0v) is 17.3. The molecular formula is C23H24N6O2. The smallest absolute Gasteiger partial charge is 0.230 e. The van der Waals surface area contributed by atoms with Gasteiger partial charge in [0.25, 0.3) is 0 Å². The van der Waals surface area contributed by atoms with Crippen LogP contribution in [0, 0.1) is 0 Å². The standard InChI is InChI=1S/C23H24N6O2/c1-2-4-19-17(3-1)18-15-16(5-6-20(18)24-19)21-25-22(28-7-11-30-12-8-28)27-23(26-21)29-9-13-31-14-10-29/h1-6,15,24H,7-14H2. The van der Waals surface area contributed by atoms with Gasteiger partial charge in [-0.25, -0.2) is 0 Å². The van der Waals surface area contributed by atoms with Crippen LogP contribution in [0.25, 0.3) is 33.2 Å². The molecule has 0 saturated carbocycles. The highest BCUT2D eigenvalue weighted by Gasteiger charge is 2.21. The molecule has 0 spiro atoms. The zero-order chi connectivity index (χ0) is 20.6. The van der Waals surface area contributed by atoms with Crippen LogP contribution < -0.4 is 9.80 Å². The van der Waals surface area contributed by atoms with Gasteiger partial charge in [0.1, 0.15) is 0 Å². The number of ether oxygens (including phenoxy) is 2. The second-order valence-corrected chi connectivity index (χ2v) is 7.89. The van der Waals surface area contributed by atoms with Crippen molar-refractivity contribution in [1.29, 1.82) is 0 Å². The van der Waals surface area contributed by atoms with Crippen molar-refractivity contribution < 1.29 is 9.47 Å². The van der Waals surface area contributed by atoms with Crippen LogP contribution in [0.2, 0.25) is 0 Å². The molecule has 0 bridgehead atoms. The van der Waals surface area contributed by atoms with Gasteiger partial charge in [-0.15, -0.1) is 0 Å². The van der Waals surface area contributed by atoms with Crippen LogP contribution in [0.4, 0.5) is 11.9 Å². The van der Waals surface area contributed by atoms with Crippen molar-refractivity contribution in [2.24, 2.45) is 0 Å². The van der Waals surface area contributed by atoms with E-state index in [1.165, 1.54) is 10.8 Å². The highest BCUT2D eigenvalue weighted by Crippen LogP contribution is 2.30. The highest BCUT2D eigenvalue weighted by atomic mass is 16.5. The first kappa shape index (κ1) is 18.5. The number of aromatic amines is 1. The molecule has 2 aromatic carbocycles. The summed E-state index contributed by atoms with van der Waals surface area (Å²) in [5.74, 6) is 2.13. The molecule has 0 atom stereocenters. The molecule has 4 aromatic rings. The van der Waals surface area contributed by atoms with Crippen molar-refractivity contribution in [2.45, 2.75) is 0 Å². The van der Waals surface area contributed by atoms with Crippen molar-refractivity contribution >= 4 is 33.7 Å². The lowest BCUT2D eigenvalue weighted by Crippen LogP contribution is -2.40. The average molecular weight is 416 g/mol. The summed E-state index contributed by atoms with van der Waals surface area (Å²) in [6.07, 6.45) is 0. The maximum absolute atomic E-state index is 5.52. The molecule has 0 aliphatic carbocycles. The minimum Gasteiger partial charge on any atom is -0.378 e. The highest BCUT2D eigenvalue weighted by molar-refractivity contribution is 6.08. The summed E-state index contributed by atoms with van der Waals surface area (Å²) in [6.45, 7) is 5.90. The summed E-state index contributed by atoms with van der Waals surface area (Å²) >= 11 is 0. The van der Waals surface area contributed by atoms with E-state index in [4.69, 9.17) is 24.4 Å². The number of morpholine rings is 2. The van der Waals surface area contributed by atoms with Gasteiger partial charge in [-0.1, -0.05) is 18.2 Å². The van der Waals surface area contributed by atoms with Crippen LogP contribution in [0.5, 0.6) is 0 Å². The van der Waals surface area contributed by atoms with E-state index in [-0.39, 0.29) is 0 Å². The molecule has 31 heavy (non-hydrogen) atoms. The molecule has 8 heteroatoms. The number of benzene rings is 2. The third-order valence-electron chi connectivity index (χ3n) is 5.96. The Kier molecular flexibility index (Phi) is 4.66. The SMILES string of the molecule is c1ccc2c(c1)[nH]c1ccc(-c3nc(N4CCOCC4)nc(N4CCOCC4)n3)cc12. The van der Waals surface area contributed by atoms with Gasteiger partial charge in [0.15, 0.2) is 5.82 Å². The van der Waals surface area contributed by atoms with E-state index in [0.29, 0.717) is 44.1 Å². The number of hydrogen-bond donors (Lipinski definition) is 1. The zero-order valence-electron chi connectivity index (χ0n) is 17.3. The van der Waals surface area contributed by atoms with Crippen LogP contribution in [-0.4, -0.2) is 72.5 Å². The predicted octanol–water partition coefficient (Wildman–Crippen LogP) is 2.85. The topological polar surface area (TPSA) is 79.4 Å². The van der Waals surface area contributed by atoms with E-state index in [1.54, 1.807) is 0 Å². The summed E-state index contributed by atoms with van der Waals surface area (Å²) in [5, 5.41) is 2.38. The molecule has 2 aliphatic heterocycles. The fourth-order valence-electron chi connectivity index (χ4n) is 4.28. The van der Waals surface area contributed by atoms with Crippen molar-refractivity contribution in [3.05, 3.63) is 42.5 Å². The number of rotatable bonds is 3. The average Bonchev–Trinajstić information content (AvgIpc) is 3.23. The lowest BCUT2D eigenvalue weighted by Gasteiger charge is -2.30. The molecule has 0 unspecified atom stereocenters. The number of H-pyrrole nitrogens is 1. The van der Waals surface area contributed by atoms with Gasteiger partial charge in [-0.2, -0.15) is 15.0 Å². The molecule has 8 nitrogen and oxygen atoms in total. The van der Waals surface area contributed by atoms with Gasteiger partial charge in [0.2, 0.25) is 11.9 Å². The third-order valence-corrected chi connectivity index (χ3v) is 5.96. The Labute approximate surface area is 179 Å². The molecule has 2 aliphatic rings. The minimum atomic E-state index is 0.690. The first-order valence-electron chi connectivity index (χ1n) is 10.8. The van der Waals surface area contributed by atoms with E-state index in [1.807, 2.05) is 6.07 Å². The van der Waals surface area contributed by atoms with Crippen LogP contribution in [0.3, 0.4) is 0 Å². The monoisotopic (exact) mass is 416 g/mol. The summed E-state index contributed by atoms with van der Waals surface area (Å²) in [7, 11) is 0. The molecule has 4 heterocycles. The molecule has 2 saturated heterocycles. The second-order valence-electron chi connectivity index (χ2n) is 7.89. The predicted molar refractivity (Wildman–Crippen MR) is 121 cm³/mol. The summed E-state index contributed by atoms with van der Waals surface area (Å²) in [5.41, 5.74) is 3.23. The van der Waals surface area contributed by atoms with Crippen molar-refractivity contribution in [2.75, 3.05) is 62.4 Å². The van der Waals surface area contributed by atoms with Crippen LogP contribution >= 0.6 is 0 Å². The molecule has 1 N–H and O–H groups in total. The maximum atomic E-state index is 5.52. The quantitative estimate of drug-likeness (QED) is 0.550. The Hall–Kier alpha value is -3.23. The van der Waals surface area contributed by atoms with E-state index < -0.39 is 0 Å². The Balaban J connectivity index is 1.47. The first-order valence-corrected chi connectivity index (χ1v) is 10.8. The minimum absolute atomic E-state index is 0.690. The lowest BCUT2D eigenvalue weighted by molar-refractivity contribution is 0.121. The van der Waals surface area contributed by atoms with Crippen LogP contribution in [0.15, 0.2) is 42.5 Å². The second kappa shape index (κ2) is 7.79. The number of nitrogens with one attached hydrogen (secondary N) is 1. The van der Waals surface area contributed by atoms with E-state index in [9.17, 15) is 0 Å². The van der Waals surface area contributed by atoms with Gasteiger partial charge in [-0.3, -0.25) is 0 Å². The van der Waals surface area contributed by atoms with Gasteiger partial charge < -0.3 is 24.3 Å². The number of fused-ring (bicyclic) bond motifs is 3. The van der Waals surface area contributed by atoms with E-state index >= 15 is 0 Å². The van der Waals surface area contributed by atoms with Crippen molar-refractivity contribution in [1.82, 2.24) is 19.9 Å². The molecule has 6 rings (SSSR count). The summed E-state index contributed by atoms with van der Waals surface area (Å²) < 4.78 is 11.0. The Morgan fingerprint density at radius 2 is 1.29 bits per heavy atom. The van der Waals surface area contributed by atoms with Gasteiger partial charge in [0.05, 0.1) is 26.4 Å². The molecule has 2 aromatic heterocycles.